The molecule has 91 valence electrons. The van der Waals surface area contributed by atoms with Gasteiger partial charge in [0.2, 0.25) is 0 Å². The van der Waals surface area contributed by atoms with Crippen LogP contribution in [0.25, 0.3) is 0 Å². The Morgan fingerprint density at radius 2 is 1.81 bits per heavy atom. The Morgan fingerprint density at radius 1 is 1.38 bits per heavy atom. The van der Waals surface area contributed by atoms with Crippen molar-refractivity contribution in [1.82, 2.24) is 0 Å². The van der Waals surface area contributed by atoms with Crippen LogP contribution in [0.5, 0.6) is 0 Å². The fraction of sp³-hybridized carbons (Fsp3) is 0.889. The van der Waals surface area contributed by atoms with Crippen LogP contribution in [0.2, 0.25) is 3.43 Å². The van der Waals surface area contributed by atoms with Crippen molar-refractivity contribution in [2.45, 2.75) is 41.9 Å². The fourth-order valence-electron chi connectivity index (χ4n) is 1.32. The summed E-state index contributed by atoms with van der Waals surface area (Å²) in [5.74, 6) is -0.833. The Balaban J connectivity index is 0.000000487. The van der Waals surface area contributed by atoms with E-state index in [1.807, 2.05) is 0 Å². The molecular weight excluding hydrogens is 405 g/mol. The van der Waals surface area contributed by atoms with Gasteiger partial charge in [-0.2, -0.15) is 0 Å². The summed E-state index contributed by atoms with van der Waals surface area (Å²) in [5.41, 5.74) is 0. The number of hydrogen-bond donors (Lipinski definition) is 3. The zero-order valence-electron chi connectivity index (χ0n) is 9.66. The van der Waals surface area contributed by atoms with Gasteiger partial charge in [-0.15, -0.1) is 0 Å². The van der Waals surface area contributed by atoms with Crippen LogP contribution < -0.4 is 0 Å². The summed E-state index contributed by atoms with van der Waals surface area (Å²) in [7, 11) is 1.56. The fourth-order valence-corrected chi connectivity index (χ4v) is 3.58. The second kappa shape index (κ2) is 7.55. The first-order chi connectivity index (χ1) is 7.31. The van der Waals surface area contributed by atoms with Crippen LogP contribution in [0, 0.1) is 0 Å². The molecule has 1 saturated heterocycles. The van der Waals surface area contributed by atoms with Gasteiger partial charge in [0.1, 0.15) is 0 Å². The molecule has 3 N–H and O–H groups in total. The molecule has 6 nitrogen and oxygen atoms in total. The zero-order valence-corrected chi connectivity index (χ0v) is 15.2. The molecule has 5 atom stereocenters. The van der Waals surface area contributed by atoms with E-state index in [1.165, 1.54) is 0 Å². The van der Waals surface area contributed by atoms with E-state index in [0.29, 0.717) is 26.1 Å². The van der Waals surface area contributed by atoms with E-state index < -0.39 is 18.2 Å². The van der Waals surface area contributed by atoms with Crippen molar-refractivity contribution < 1.29 is 55.7 Å². The van der Waals surface area contributed by atoms with Gasteiger partial charge < -0.3 is 5.11 Å². The molecule has 0 radical (unpaired) electrons. The van der Waals surface area contributed by atoms with Crippen LogP contribution in [0.1, 0.15) is 13.8 Å². The number of ether oxygens (including phenoxy) is 2. The number of rotatable bonds is 1. The van der Waals surface area contributed by atoms with E-state index >= 15 is 0 Å². The number of aliphatic hydroxyl groups is 2. The quantitative estimate of drug-likeness (QED) is 0.495. The van der Waals surface area contributed by atoms with Crippen molar-refractivity contribution in [1.29, 1.82) is 0 Å². The summed E-state index contributed by atoms with van der Waals surface area (Å²) in [5, 5.41) is 26.4. The van der Waals surface area contributed by atoms with Crippen molar-refractivity contribution in [3.8, 4) is 0 Å². The van der Waals surface area contributed by atoms with Gasteiger partial charge in [-0.1, -0.05) is 0 Å². The molecule has 0 saturated carbocycles. The SMILES string of the molecule is CC(=O)O.COC1OC(C)C(O)C(O)[CH]1[Hg]. The molecule has 5 unspecified atom stereocenters. The van der Waals surface area contributed by atoms with E-state index in [1.54, 1.807) is 14.0 Å². The van der Waals surface area contributed by atoms with Gasteiger partial charge >= 0.3 is 87.9 Å². The van der Waals surface area contributed by atoms with E-state index in [9.17, 15) is 10.2 Å². The van der Waals surface area contributed by atoms with Crippen LogP contribution in [0.15, 0.2) is 0 Å². The van der Waals surface area contributed by atoms with Gasteiger partial charge in [-0.3, -0.25) is 4.79 Å². The Labute approximate surface area is 111 Å². The molecule has 1 rings (SSSR count). The summed E-state index contributed by atoms with van der Waals surface area (Å²) >= 11 is 0.331. The molecule has 1 aliphatic heterocycles. The Kier molecular flexibility index (Phi) is 7.66. The third-order valence-corrected chi connectivity index (χ3v) is 5.57. The van der Waals surface area contributed by atoms with Gasteiger partial charge in [-0.05, 0) is 0 Å². The number of hydrogen-bond acceptors (Lipinski definition) is 5. The Hall–Kier alpha value is 0.245. The first-order valence-electron chi connectivity index (χ1n) is 4.88. The van der Waals surface area contributed by atoms with Gasteiger partial charge in [0.25, 0.3) is 5.97 Å². The third-order valence-electron chi connectivity index (χ3n) is 2.20. The molecule has 0 aliphatic carbocycles. The molecule has 0 aromatic carbocycles. The predicted molar refractivity (Wildman–Crippen MR) is 50.4 cm³/mol. The molecule has 0 aromatic heterocycles. The molecule has 1 heterocycles. The molecule has 1 aliphatic rings. The Morgan fingerprint density at radius 3 is 2.19 bits per heavy atom. The minimum atomic E-state index is -0.833. The number of aliphatic carboxylic acids is 1. The second-order valence-corrected chi connectivity index (χ2v) is 7.27. The molecule has 0 bridgehead atoms. The number of carboxylic acid groups (broad SMARTS) is 1. The Bertz CT molecular complexity index is 215. The number of aliphatic hydroxyl groups excluding tert-OH is 2. The average Bonchev–Trinajstić information content (AvgIpc) is 2.19. The molecule has 7 heteroatoms. The topological polar surface area (TPSA) is 96.2 Å². The van der Waals surface area contributed by atoms with Crippen LogP contribution in [0.3, 0.4) is 0 Å². The van der Waals surface area contributed by atoms with Gasteiger partial charge in [-0.25, -0.2) is 0 Å². The molecule has 1 fully saturated rings. The third kappa shape index (κ3) is 5.05. The van der Waals surface area contributed by atoms with Crippen LogP contribution in [-0.4, -0.2) is 53.0 Å². The normalized spacial score (nSPS) is 38.6. The van der Waals surface area contributed by atoms with E-state index in [0.717, 1.165) is 6.92 Å². The molecule has 16 heavy (non-hydrogen) atoms. The minimum absolute atomic E-state index is 0.00111. The first kappa shape index (κ1) is 16.2. The van der Waals surface area contributed by atoms with Crippen LogP contribution in [0.4, 0.5) is 0 Å². The average molecular weight is 422 g/mol. The number of methoxy groups -OCH3 is 1. The monoisotopic (exact) mass is 423 g/mol. The zero-order chi connectivity index (χ0) is 12.9. The molecule has 0 aromatic rings. The van der Waals surface area contributed by atoms with Crippen molar-refractivity contribution >= 4 is 5.97 Å². The van der Waals surface area contributed by atoms with Crippen LogP contribution in [-0.2, 0) is 40.4 Å². The molecule has 0 amide bonds. The van der Waals surface area contributed by atoms with E-state index in [2.05, 4.69) is 0 Å². The first-order valence-corrected chi connectivity index (χ1v) is 8.05. The maximum atomic E-state index is 9.56. The standard InChI is InChI=1S/C7H13O4.C2H4O2.Hg/c1-4-7(9)5(8)3-6(10-2)11-4;1-2(3)4;/h3-9H,1-2H3;1H3,(H,3,4);. The molecule has 0 spiro atoms. The van der Waals surface area contributed by atoms with Crippen molar-refractivity contribution in [3.63, 3.8) is 0 Å². The summed E-state index contributed by atoms with van der Waals surface area (Å²) in [6.45, 7) is 2.82. The van der Waals surface area contributed by atoms with E-state index in [4.69, 9.17) is 19.4 Å². The predicted octanol–water partition coefficient (Wildman–Crippen LogP) is -0.474. The summed E-state index contributed by atoms with van der Waals surface area (Å²) in [4.78, 5) is 9.00. The number of carboxylic acids is 1. The summed E-state index contributed by atoms with van der Waals surface area (Å²) < 4.78 is 10.4. The summed E-state index contributed by atoms with van der Waals surface area (Å²) in [6, 6.07) is 0. The second-order valence-electron chi connectivity index (χ2n) is 3.61. The van der Waals surface area contributed by atoms with Gasteiger partial charge in [0, 0.05) is 6.92 Å². The van der Waals surface area contributed by atoms with Crippen molar-refractivity contribution in [2.75, 3.05) is 7.11 Å². The van der Waals surface area contributed by atoms with Crippen molar-refractivity contribution in [2.24, 2.45) is 0 Å². The van der Waals surface area contributed by atoms with Crippen LogP contribution >= 0.6 is 0 Å². The van der Waals surface area contributed by atoms with Crippen molar-refractivity contribution in [3.05, 3.63) is 0 Å². The summed E-state index contributed by atoms with van der Waals surface area (Å²) in [6.07, 6.45) is -2.12. The maximum absolute atomic E-state index is 9.56. The molecular formula is C9H17HgO6. The number of carbonyl (C=O) groups is 1. The van der Waals surface area contributed by atoms with E-state index in [-0.39, 0.29) is 15.8 Å². The van der Waals surface area contributed by atoms with Gasteiger partial charge in [0.15, 0.2) is 0 Å². The van der Waals surface area contributed by atoms with Gasteiger partial charge in [0.05, 0.1) is 0 Å².